The summed E-state index contributed by atoms with van der Waals surface area (Å²) >= 11 is 1.14. The van der Waals surface area contributed by atoms with Crippen LogP contribution in [0.1, 0.15) is 44.0 Å². The lowest BCUT2D eigenvalue weighted by molar-refractivity contribution is 0.101. The van der Waals surface area contributed by atoms with Crippen molar-refractivity contribution in [3.05, 3.63) is 57.5 Å². The number of nitrogens with zero attached hydrogens (tertiary/aromatic N) is 2. The SMILES string of the molecule is CC(=O)c1c(C)oc(NC(=O)c2sc(-c3ccc(F)cc3)nc2C)c1C#N. The molecule has 0 aliphatic carbocycles. The molecule has 6 nitrogen and oxygen atoms in total. The van der Waals surface area contributed by atoms with Gasteiger partial charge in [0.25, 0.3) is 5.91 Å². The van der Waals surface area contributed by atoms with E-state index in [4.69, 9.17) is 4.42 Å². The Balaban J connectivity index is 1.92. The zero-order chi connectivity index (χ0) is 19.7. The number of hydrogen-bond donors (Lipinski definition) is 1. The minimum atomic E-state index is -0.501. The summed E-state index contributed by atoms with van der Waals surface area (Å²) in [7, 11) is 0. The molecule has 0 spiro atoms. The summed E-state index contributed by atoms with van der Waals surface area (Å²) in [5.41, 5.74) is 1.33. The number of nitriles is 1. The van der Waals surface area contributed by atoms with Crippen molar-refractivity contribution in [2.75, 3.05) is 5.32 Å². The average molecular weight is 383 g/mol. The molecular weight excluding hydrogens is 369 g/mol. The number of thiazole rings is 1. The standard InChI is InChI=1S/C19H14FN3O3S/c1-9-16(27-19(22-9)12-4-6-13(20)7-5-12)17(25)23-18-14(8-21)15(10(2)24)11(3)26-18/h4-7H,1-3H3,(H,23,25). The number of carbonyl (C=O) groups excluding carboxylic acids is 2. The highest BCUT2D eigenvalue weighted by atomic mass is 32.1. The number of ketones is 1. The number of furan rings is 1. The lowest BCUT2D eigenvalue weighted by atomic mass is 10.1. The molecule has 0 fully saturated rings. The number of amides is 1. The van der Waals surface area contributed by atoms with Crippen LogP contribution in [0.15, 0.2) is 28.7 Å². The van der Waals surface area contributed by atoms with Gasteiger partial charge in [-0.2, -0.15) is 5.26 Å². The highest BCUT2D eigenvalue weighted by Gasteiger charge is 2.24. The molecule has 2 heterocycles. The second-order valence-electron chi connectivity index (χ2n) is 5.80. The van der Waals surface area contributed by atoms with Crippen molar-refractivity contribution in [2.45, 2.75) is 20.8 Å². The maximum Gasteiger partial charge on any atom is 0.270 e. The predicted molar refractivity (Wildman–Crippen MR) is 98.4 cm³/mol. The Morgan fingerprint density at radius 1 is 1.26 bits per heavy atom. The van der Waals surface area contributed by atoms with Gasteiger partial charge >= 0.3 is 0 Å². The fourth-order valence-corrected chi connectivity index (χ4v) is 3.61. The number of aryl methyl sites for hydroxylation is 2. The topological polar surface area (TPSA) is 96.0 Å². The normalized spacial score (nSPS) is 10.5. The lowest BCUT2D eigenvalue weighted by Gasteiger charge is -2.00. The number of Topliss-reactive ketones (excluding diaryl/α,β-unsaturated/α-hetero) is 1. The molecular formula is C19H14FN3O3S. The number of nitrogens with one attached hydrogen (secondary N) is 1. The van der Waals surface area contributed by atoms with E-state index in [2.05, 4.69) is 10.3 Å². The summed E-state index contributed by atoms with van der Waals surface area (Å²) in [6, 6.07) is 7.70. The minimum Gasteiger partial charge on any atom is -0.443 e. The molecule has 3 rings (SSSR count). The molecule has 0 bridgehead atoms. The molecule has 0 aliphatic rings. The maximum atomic E-state index is 13.1. The van der Waals surface area contributed by atoms with E-state index in [0.717, 1.165) is 11.3 Å². The molecule has 0 radical (unpaired) electrons. The Hall–Kier alpha value is -3.31. The Labute approximate surface area is 158 Å². The van der Waals surface area contributed by atoms with Crippen molar-refractivity contribution >= 4 is 28.9 Å². The van der Waals surface area contributed by atoms with Gasteiger partial charge in [-0.25, -0.2) is 9.37 Å². The van der Waals surface area contributed by atoms with Gasteiger partial charge in [0.2, 0.25) is 5.88 Å². The van der Waals surface area contributed by atoms with Crippen molar-refractivity contribution in [1.82, 2.24) is 4.98 Å². The molecule has 27 heavy (non-hydrogen) atoms. The first kappa shape index (κ1) is 18.5. The molecule has 1 N–H and O–H groups in total. The highest BCUT2D eigenvalue weighted by Crippen LogP contribution is 2.31. The van der Waals surface area contributed by atoms with Crippen LogP contribution in [0.2, 0.25) is 0 Å². The van der Waals surface area contributed by atoms with E-state index in [0.29, 0.717) is 21.1 Å². The average Bonchev–Trinajstić information content (AvgIpc) is 3.15. The predicted octanol–water partition coefficient (Wildman–Crippen LogP) is 4.49. The van der Waals surface area contributed by atoms with E-state index in [1.807, 2.05) is 6.07 Å². The van der Waals surface area contributed by atoms with Crippen molar-refractivity contribution in [2.24, 2.45) is 0 Å². The third-order valence-electron chi connectivity index (χ3n) is 3.87. The number of aromatic nitrogens is 1. The Kier molecular flexibility index (Phi) is 4.88. The summed E-state index contributed by atoms with van der Waals surface area (Å²) in [6.45, 7) is 4.56. The number of rotatable bonds is 4. The number of halogens is 1. The van der Waals surface area contributed by atoms with Crippen LogP contribution in [0.5, 0.6) is 0 Å². The molecule has 0 atom stereocenters. The van der Waals surface area contributed by atoms with Gasteiger partial charge in [0.15, 0.2) is 5.78 Å². The maximum absolute atomic E-state index is 13.1. The zero-order valence-electron chi connectivity index (χ0n) is 14.7. The van der Waals surface area contributed by atoms with Crippen LogP contribution in [0, 0.1) is 31.0 Å². The first-order valence-electron chi connectivity index (χ1n) is 7.91. The van der Waals surface area contributed by atoms with Crippen LogP contribution >= 0.6 is 11.3 Å². The zero-order valence-corrected chi connectivity index (χ0v) is 15.5. The Morgan fingerprint density at radius 3 is 2.52 bits per heavy atom. The molecule has 0 saturated carbocycles. The van der Waals surface area contributed by atoms with E-state index < -0.39 is 5.91 Å². The second-order valence-corrected chi connectivity index (χ2v) is 6.80. The first-order valence-corrected chi connectivity index (χ1v) is 8.72. The van der Waals surface area contributed by atoms with Crippen LogP contribution in [-0.4, -0.2) is 16.7 Å². The quantitative estimate of drug-likeness (QED) is 0.670. The third-order valence-corrected chi connectivity index (χ3v) is 5.07. The third kappa shape index (κ3) is 3.50. The van der Waals surface area contributed by atoms with Gasteiger partial charge in [-0.05, 0) is 45.0 Å². The van der Waals surface area contributed by atoms with Crippen LogP contribution in [0.3, 0.4) is 0 Å². The van der Waals surface area contributed by atoms with Crippen LogP contribution in [0.25, 0.3) is 10.6 Å². The summed E-state index contributed by atoms with van der Waals surface area (Å²) in [4.78, 5) is 29.0. The molecule has 1 amide bonds. The van der Waals surface area contributed by atoms with Crippen LogP contribution in [-0.2, 0) is 0 Å². The minimum absolute atomic E-state index is 0.00530. The molecule has 3 aromatic rings. The fraction of sp³-hybridized carbons (Fsp3) is 0.158. The Morgan fingerprint density at radius 2 is 1.93 bits per heavy atom. The summed E-state index contributed by atoms with van der Waals surface area (Å²) in [5, 5.41) is 12.4. The van der Waals surface area contributed by atoms with E-state index in [1.165, 1.54) is 19.1 Å². The van der Waals surface area contributed by atoms with Crippen molar-refractivity contribution in [1.29, 1.82) is 5.26 Å². The molecule has 2 aromatic heterocycles. The molecule has 0 saturated heterocycles. The van der Waals surface area contributed by atoms with Gasteiger partial charge < -0.3 is 4.42 Å². The second kappa shape index (κ2) is 7.13. The largest absolute Gasteiger partial charge is 0.443 e. The van der Waals surface area contributed by atoms with E-state index in [9.17, 15) is 19.2 Å². The van der Waals surface area contributed by atoms with Gasteiger partial charge in [-0.15, -0.1) is 11.3 Å². The smallest absolute Gasteiger partial charge is 0.270 e. The highest BCUT2D eigenvalue weighted by molar-refractivity contribution is 7.17. The van der Waals surface area contributed by atoms with Crippen LogP contribution < -0.4 is 5.32 Å². The molecule has 8 heteroatoms. The number of anilines is 1. The van der Waals surface area contributed by atoms with Gasteiger partial charge in [0, 0.05) is 5.56 Å². The van der Waals surface area contributed by atoms with Crippen molar-refractivity contribution in [3.63, 3.8) is 0 Å². The number of carbonyl (C=O) groups is 2. The van der Waals surface area contributed by atoms with E-state index in [1.54, 1.807) is 26.0 Å². The summed E-state index contributed by atoms with van der Waals surface area (Å²) < 4.78 is 18.5. The Bertz CT molecular complexity index is 1090. The summed E-state index contributed by atoms with van der Waals surface area (Å²) in [5.74, 6) is -0.980. The molecule has 136 valence electrons. The fourth-order valence-electron chi connectivity index (χ4n) is 2.65. The van der Waals surface area contributed by atoms with Gasteiger partial charge in [-0.3, -0.25) is 14.9 Å². The van der Waals surface area contributed by atoms with E-state index >= 15 is 0 Å². The number of benzene rings is 1. The van der Waals surface area contributed by atoms with E-state index in [-0.39, 0.29) is 34.4 Å². The molecule has 0 unspecified atom stereocenters. The number of hydrogen-bond acceptors (Lipinski definition) is 6. The summed E-state index contributed by atoms with van der Waals surface area (Å²) in [6.07, 6.45) is 0. The van der Waals surface area contributed by atoms with Gasteiger partial charge in [-0.1, -0.05) is 0 Å². The van der Waals surface area contributed by atoms with Gasteiger partial charge in [0.1, 0.15) is 33.1 Å². The monoisotopic (exact) mass is 383 g/mol. The first-order chi connectivity index (χ1) is 12.8. The lowest BCUT2D eigenvalue weighted by Crippen LogP contribution is -2.12. The molecule has 0 aliphatic heterocycles. The van der Waals surface area contributed by atoms with Crippen LogP contribution in [0.4, 0.5) is 10.3 Å². The van der Waals surface area contributed by atoms with Crippen molar-refractivity contribution < 1.29 is 18.4 Å². The molecule has 1 aromatic carbocycles. The van der Waals surface area contributed by atoms with Gasteiger partial charge in [0.05, 0.1) is 11.3 Å². The van der Waals surface area contributed by atoms with Crippen molar-refractivity contribution in [3.8, 4) is 16.6 Å².